The number of nitrogens with two attached hydrogens (primary N) is 1. The van der Waals surface area contributed by atoms with Crippen LogP contribution in [-0.4, -0.2) is 17.2 Å². The molecular weight excluding hydrogens is 218 g/mol. The summed E-state index contributed by atoms with van der Waals surface area (Å²) in [5.41, 5.74) is 6.37. The van der Waals surface area contributed by atoms with Crippen LogP contribution in [0.1, 0.15) is 42.5 Å². The molecule has 1 aliphatic rings. The summed E-state index contributed by atoms with van der Waals surface area (Å²) in [7, 11) is 0. The van der Waals surface area contributed by atoms with Crippen LogP contribution >= 0.6 is 0 Å². The van der Waals surface area contributed by atoms with Gasteiger partial charge in [0.25, 0.3) is 0 Å². The van der Waals surface area contributed by atoms with Crippen molar-refractivity contribution in [1.82, 2.24) is 0 Å². The van der Waals surface area contributed by atoms with E-state index >= 15 is 0 Å². The molecule has 2 rings (SSSR count). The minimum atomic E-state index is -0.976. The minimum absolute atomic E-state index is 0.128. The highest BCUT2D eigenvalue weighted by Crippen LogP contribution is 2.27. The van der Waals surface area contributed by atoms with E-state index in [2.05, 4.69) is 0 Å². The van der Waals surface area contributed by atoms with Crippen molar-refractivity contribution in [2.75, 3.05) is 5.73 Å². The molecule has 0 saturated heterocycles. The van der Waals surface area contributed by atoms with E-state index in [0.717, 1.165) is 25.7 Å². The van der Waals surface area contributed by atoms with Crippen molar-refractivity contribution in [3.8, 4) is 5.75 Å². The zero-order valence-electron chi connectivity index (χ0n) is 9.69. The Balaban J connectivity index is 2.17. The van der Waals surface area contributed by atoms with E-state index in [0.29, 0.717) is 11.4 Å². The van der Waals surface area contributed by atoms with Gasteiger partial charge in [-0.15, -0.1) is 0 Å². The van der Waals surface area contributed by atoms with Gasteiger partial charge in [0.05, 0.1) is 6.10 Å². The van der Waals surface area contributed by atoms with Gasteiger partial charge in [-0.25, -0.2) is 4.79 Å². The standard InChI is InChI=1S/C13H17NO3/c14-9-6-7-11(13(15)16)12(8-9)17-10-4-2-1-3-5-10/h6-8,10H,1-5,14H2,(H,15,16). The Bertz CT molecular complexity index is 411. The maximum atomic E-state index is 11.1. The SMILES string of the molecule is Nc1ccc(C(=O)O)c(OC2CCCCC2)c1. The summed E-state index contributed by atoms with van der Waals surface area (Å²) in [6.07, 6.45) is 5.65. The summed E-state index contributed by atoms with van der Waals surface area (Å²) in [6.45, 7) is 0. The Morgan fingerprint density at radius 2 is 2.00 bits per heavy atom. The van der Waals surface area contributed by atoms with Crippen molar-refractivity contribution in [1.29, 1.82) is 0 Å². The first-order chi connectivity index (χ1) is 8.16. The average molecular weight is 235 g/mol. The lowest BCUT2D eigenvalue weighted by Gasteiger charge is -2.23. The zero-order chi connectivity index (χ0) is 12.3. The maximum absolute atomic E-state index is 11.1. The van der Waals surface area contributed by atoms with Crippen LogP contribution in [0.2, 0.25) is 0 Å². The lowest BCUT2D eigenvalue weighted by atomic mass is 9.97. The van der Waals surface area contributed by atoms with Crippen LogP contribution in [-0.2, 0) is 0 Å². The first-order valence-corrected chi connectivity index (χ1v) is 5.96. The second-order valence-corrected chi connectivity index (χ2v) is 4.44. The molecule has 3 N–H and O–H groups in total. The highest BCUT2D eigenvalue weighted by Gasteiger charge is 2.18. The van der Waals surface area contributed by atoms with Crippen LogP contribution in [0.3, 0.4) is 0 Å². The van der Waals surface area contributed by atoms with Gasteiger partial charge in [0.15, 0.2) is 0 Å². The van der Waals surface area contributed by atoms with Gasteiger partial charge in [-0.1, -0.05) is 6.42 Å². The van der Waals surface area contributed by atoms with Crippen LogP contribution in [0, 0.1) is 0 Å². The van der Waals surface area contributed by atoms with E-state index in [9.17, 15) is 4.79 Å². The van der Waals surface area contributed by atoms with E-state index in [1.807, 2.05) is 0 Å². The zero-order valence-corrected chi connectivity index (χ0v) is 9.69. The Kier molecular flexibility index (Phi) is 3.52. The first kappa shape index (κ1) is 11.8. The summed E-state index contributed by atoms with van der Waals surface area (Å²) in [4.78, 5) is 11.1. The van der Waals surface area contributed by atoms with Gasteiger partial charge in [-0.3, -0.25) is 0 Å². The van der Waals surface area contributed by atoms with Crippen molar-refractivity contribution < 1.29 is 14.6 Å². The topological polar surface area (TPSA) is 72.6 Å². The van der Waals surface area contributed by atoms with E-state index in [1.165, 1.54) is 12.5 Å². The summed E-state index contributed by atoms with van der Waals surface area (Å²) < 4.78 is 5.77. The van der Waals surface area contributed by atoms with Crippen molar-refractivity contribution >= 4 is 11.7 Å². The second-order valence-electron chi connectivity index (χ2n) is 4.44. The lowest BCUT2D eigenvalue weighted by Crippen LogP contribution is -2.20. The van der Waals surface area contributed by atoms with E-state index in [1.54, 1.807) is 12.1 Å². The molecule has 0 unspecified atom stereocenters. The third kappa shape index (κ3) is 2.90. The number of carboxylic acid groups (broad SMARTS) is 1. The fraction of sp³-hybridized carbons (Fsp3) is 0.462. The third-order valence-corrected chi connectivity index (χ3v) is 3.08. The number of ether oxygens (including phenoxy) is 1. The van der Waals surface area contributed by atoms with Crippen molar-refractivity contribution in [2.45, 2.75) is 38.2 Å². The monoisotopic (exact) mass is 235 g/mol. The molecule has 0 aromatic heterocycles. The minimum Gasteiger partial charge on any atom is -0.489 e. The smallest absolute Gasteiger partial charge is 0.339 e. The van der Waals surface area contributed by atoms with Gasteiger partial charge < -0.3 is 15.6 Å². The number of anilines is 1. The molecule has 1 fully saturated rings. The molecule has 1 aliphatic carbocycles. The molecule has 0 amide bonds. The molecule has 0 bridgehead atoms. The average Bonchev–Trinajstić information content (AvgIpc) is 2.30. The quantitative estimate of drug-likeness (QED) is 0.790. The number of rotatable bonds is 3. The van der Waals surface area contributed by atoms with E-state index < -0.39 is 5.97 Å². The summed E-state index contributed by atoms with van der Waals surface area (Å²) >= 11 is 0. The number of benzene rings is 1. The van der Waals surface area contributed by atoms with Gasteiger partial charge in [0.1, 0.15) is 11.3 Å². The van der Waals surface area contributed by atoms with E-state index in [4.69, 9.17) is 15.6 Å². The van der Waals surface area contributed by atoms with Crippen LogP contribution < -0.4 is 10.5 Å². The molecular formula is C13H17NO3. The molecule has 4 nitrogen and oxygen atoms in total. The molecule has 92 valence electrons. The maximum Gasteiger partial charge on any atom is 0.339 e. The van der Waals surface area contributed by atoms with Gasteiger partial charge >= 0.3 is 5.97 Å². The Labute approximate surface area is 100 Å². The molecule has 0 radical (unpaired) electrons. The molecule has 1 aromatic rings. The Morgan fingerprint density at radius 1 is 1.29 bits per heavy atom. The summed E-state index contributed by atoms with van der Waals surface area (Å²) in [5, 5.41) is 9.07. The van der Waals surface area contributed by atoms with Crippen LogP contribution in [0.5, 0.6) is 5.75 Å². The predicted octanol–water partition coefficient (Wildman–Crippen LogP) is 2.68. The highest BCUT2D eigenvalue weighted by molar-refractivity contribution is 5.91. The van der Waals surface area contributed by atoms with E-state index in [-0.39, 0.29) is 11.7 Å². The number of hydrogen-bond donors (Lipinski definition) is 2. The molecule has 0 aliphatic heterocycles. The summed E-state index contributed by atoms with van der Waals surface area (Å²) in [5.74, 6) is -0.583. The number of nitrogen functional groups attached to an aromatic ring is 1. The van der Waals surface area contributed by atoms with Crippen LogP contribution in [0.4, 0.5) is 5.69 Å². The molecule has 0 spiro atoms. The van der Waals surface area contributed by atoms with Crippen LogP contribution in [0.15, 0.2) is 18.2 Å². The van der Waals surface area contributed by atoms with Crippen molar-refractivity contribution in [3.05, 3.63) is 23.8 Å². The number of carboxylic acids is 1. The molecule has 1 aromatic carbocycles. The fourth-order valence-corrected chi connectivity index (χ4v) is 2.18. The van der Waals surface area contributed by atoms with Gasteiger partial charge in [0, 0.05) is 11.8 Å². The second kappa shape index (κ2) is 5.08. The van der Waals surface area contributed by atoms with Gasteiger partial charge in [0.2, 0.25) is 0 Å². The molecule has 0 atom stereocenters. The van der Waals surface area contributed by atoms with Crippen molar-refractivity contribution in [3.63, 3.8) is 0 Å². The molecule has 4 heteroatoms. The lowest BCUT2D eigenvalue weighted by molar-refractivity contribution is 0.0686. The molecule has 17 heavy (non-hydrogen) atoms. The summed E-state index contributed by atoms with van der Waals surface area (Å²) in [6, 6.07) is 4.67. The van der Waals surface area contributed by atoms with Gasteiger partial charge in [-0.05, 0) is 37.8 Å². The van der Waals surface area contributed by atoms with Crippen molar-refractivity contribution in [2.24, 2.45) is 0 Å². The van der Waals surface area contributed by atoms with Gasteiger partial charge in [-0.2, -0.15) is 0 Å². The van der Waals surface area contributed by atoms with Crippen LogP contribution in [0.25, 0.3) is 0 Å². The normalized spacial score (nSPS) is 16.7. The fourth-order valence-electron chi connectivity index (χ4n) is 2.18. The Hall–Kier alpha value is -1.71. The first-order valence-electron chi connectivity index (χ1n) is 5.96. The highest BCUT2D eigenvalue weighted by atomic mass is 16.5. The number of carbonyl (C=O) groups is 1. The third-order valence-electron chi connectivity index (χ3n) is 3.08. The predicted molar refractivity (Wildman–Crippen MR) is 65.3 cm³/mol. The number of aromatic carboxylic acids is 1. The largest absolute Gasteiger partial charge is 0.489 e. The molecule has 1 saturated carbocycles. The number of hydrogen-bond acceptors (Lipinski definition) is 3. The molecule has 0 heterocycles. The Morgan fingerprint density at radius 3 is 2.65 bits per heavy atom.